The number of hydrogen-bond acceptors (Lipinski definition) is 26. The fourth-order valence-corrected chi connectivity index (χ4v) is 6.04. The van der Waals surface area contributed by atoms with E-state index in [4.69, 9.17) is 52.7 Å². The lowest BCUT2D eigenvalue weighted by atomic mass is 10.0. The monoisotopic (exact) mass is 1740 g/mol. The summed E-state index contributed by atoms with van der Waals surface area (Å²) in [6.07, 6.45) is 17.6. The SMILES string of the molecule is C=O.C=O.C=O.C=O.C=O.C=O.C=O.C=O.C=O.C=O.C=O.CC(=O)N(C)[C@@H](Cc1ccccc1)C(=O)N[C@@H](C)C(=O)N1CCCCC1.CCC(C)C.CCC(C)C.CCC(C)C.CCC(C)C.CCC(C)C.CCCCCN(C)C.CCc1ccccc1.CCc1ccccc1.CCc1ccccc1.CN.CN.CN.CN.CN.N.N.N.N.N.N.[HH].[HH]. The van der Waals surface area contributed by atoms with E-state index in [0.29, 0.717) is 6.42 Å². The van der Waals surface area contributed by atoms with Crippen LogP contribution in [0.2, 0.25) is 0 Å². The van der Waals surface area contributed by atoms with Gasteiger partial charge in [-0.25, -0.2) is 0 Å². The number of nitrogens with two attached hydrogens (primary N) is 5. The van der Waals surface area contributed by atoms with Gasteiger partial charge in [-0.15, -0.1) is 0 Å². The first kappa shape index (κ1) is 191. The maximum Gasteiger partial charge on any atom is 0.244 e. The van der Waals surface area contributed by atoms with Crippen LogP contribution in [0.5, 0.6) is 0 Å². The van der Waals surface area contributed by atoms with Gasteiger partial charge >= 0.3 is 0 Å². The smallest absolute Gasteiger partial charge is 0.244 e. The second-order valence-corrected chi connectivity index (χ2v) is 24.0. The molecule has 0 spiro atoms. The summed E-state index contributed by atoms with van der Waals surface area (Å²) in [5.41, 5.74) is 27.7. The summed E-state index contributed by atoms with van der Waals surface area (Å²) in [7, 11) is 13.4. The van der Waals surface area contributed by atoms with Crippen LogP contribution in [0.25, 0.3) is 0 Å². The van der Waals surface area contributed by atoms with Crippen LogP contribution in [-0.2, 0) is 92.8 Å². The number of piperidine rings is 1. The van der Waals surface area contributed by atoms with Crippen molar-refractivity contribution >= 4 is 92.4 Å². The first-order valence-corrected chi connectivity index (χ1v) is 39.0. The minimum atomic E-state index is -0.647. The van der Waals surface area contributed by atoms with E-state index in [9.17, 15) is 14.4 Å². The molecule has 0 bridgehead atoms. The van der Waals surface area contributed by atoms with E-state index in [1.54, 1.807) is 14.0 Å². The molecular weight excluding hydrogens is 1540 g/mol. The van der Waals surface area contributed by atoms with Gasteiger partial charge in [0.15, 0.2) is 0 Å². The van der Waals surface area contributed by atoms with Crippen molar-refractivity contribution in [1.82, 2.24) is 56.9 Å². The molecule has 4 aromatic carbocycles. The highest BCUT2D eigenvalue weighted by Gasteiger charge is 2.30. The van der Waals surface area contributed by atoms with E-state index in [2.05, 4.69) is 257 Å². The zero-order valence-corrected chi connectivity index (χ0v) is 83.3. The van der Waals surface area contributed by atoms with E-state index >= 15 is 0 Å². The number of likely N-dealkylation sites (N-methyl/N-ethyl adjacent to an activating group) is 1. The van der Waals surface area contributed by atoms with Crippen LogP contribution in [-0.4, -0.2) is 195 Å². The molecule has 3 amide bonds. The fraction of sp³-hybridized carbons (Fsp3) is 0.587. The third kappa shape index (κ3) is 206. The number of aryl methyl sites for hydroxylation is 3. The molecule has 1 aliphatic rings. The highest BCUT2D eigenvalue weighted by Crippen LogP contribution is 2.13. The Kier molecular flexibility index (Phi) is 323. The lowest BCUT2D eigenvalue weighted by Crippen LogP contribution is -2.54. The predicted molar refractivity (Wildman–Crippen MR) is 535 cm³/mol. The van der Waals surface area contributed by atoms with E-state index in [0.717, 1.165) is 86.8 Å². The Bertz CT molecular complexity index is 2040. The number of amides is 3. The quantitative estimate of drug-likeness (QED) is 0.0412. The number of likely N-dealkylation sites (tertiary alicyclic amines) is 1. The topological polar surface area (TPSA) is 601 Å². The van der Waals surface area contributed by atoms with E-state index in [1.165, 1.54) is 122 Å². The molecule has 1 saturated heterocycles. The molecule has 0 unspecified atom stereocenters. The highest BCUT2D eigenvalue weighted by molar-refractivity contribution is 5.91. The Labute approximate surface area is 747 Å². The van der Waals surface area contributed by atoms with Crippen LogP contribution in [0.3, 0.4) is 0 Å². The summed E-state index contributed by atoms with van der Waals surface area (Å²) in [5, 5.41) is 2.81. The van der Waals surface area contributed by atoms with Gasteiger partial charge in [0, 0.05) is 36.3 Å². The van der Waals surface area contributed by atoms with Crippen molar-refractivity contribution in [2.24, 2.45) is 58.3 Å². The number of rotatable bonds is 18. The molecule has 0 aliphatic carbocycles. The lowest BCUT2D eigenvalue weighted by Gasteiger charge is -2.31. The summed E-state index contributed by atoms with van der Waals surface area (Å²) in [4.78, 5) is 131. The molecule has 2 atom stereocenters. The maximum absolute atomic E-state index is 12.8. The van der Waals surface area contributed by atoms with Crippen LogP contribution >= 0.6 is 0 Å². The van der Waals surface area contributed by atoms with Gasteiger partial charge in [0.1, 0.15) is 86.8 Å². The van der Waals surface area contributed by atoms with Gasteiger partial charge in [-0.1, -0.05) is 298 Å². The van der Waals surface area contributed by atoms with E-state index < -0.39 is 12.1 Å². The second-order valence-electron chi connectivity index (χ2n) is 24.0. The lowest BCUT2D eigenvalue weighted by molar-refractivity contribution is -0.140. The Balaban J connectivity index is -0.0000000296. The predicted octanol–water partition coefficient (Wildman–Crippen LogP) is 17.6. The number of hydrogen-bond donors (Lipinski definition) is 12. The number of carbonyl (C=O) groups excluding carboxylic acids is 14. The minimum Gasteiger partial charge on any atom is -0.344 e. The molecule has 121 heavy (non-hydrogen) atoms. The van der Waals surface area contributed by atoms with Crippen molar-refractivity contribution in [2.75, 3.05) is 76.0 Å². The maximum atomic E-state index is 12.8. The van der Waals surface area contributed by atoms with Gasteiger partial charge in [-0.05, 0) is 160 Å². The molecule has 1 fully saturated rings. The molecule has 732 valence electrons. The van der Waals surface area contributed by atoms with Crippen LogP contribution < -0.4 is 70.9 Å². The van der Waals surface area contributed by atoms with Crippen LogP contribution in [0.4, 0.5) is 0 Å². The molecule has 0 saturated carbocycles. The van der Waals surface area contributed by atoms with Crippen molar-refractivity contribution in [1.29, 1.82) is 0 Å². The Hall–Kier alpha value is -8.82. The summed E-state index contributed by atoms with van der Waals surface area (Å²) >= 11 is 0. The Morgan fingerprint density at radius 1 is 0.355 bits per heavy atom. The average Bonchev–Trinajstić information content (AvgIpc) is 0.849. The number of nitrogens with zero attached hydrogens (tertiary/aromatic N) is 3. The van der Waals surface area contributed by atoms with E-state index in [-0.39, 0.29) is 57.5 Å². The van der Waals surface area contributed by atoms with Crippen molar-refractivity contribution in [3.05, 3.63) is 144 Å². The van der Waals surface area contributed by atoms with Gasteiger partial charge in [0.25, 0.3) is 0 Å². The van der Waals surface area contributed by atoms with Crippen molar-refractivity contribution < 1.29 is 70.0 Å². The first-order chi connectivity index (χ1) is 55.3. The number of carbonyl (C=O) groups is 14. The number of nitrogens with one attached hydrogen (secondary N) is 1. The zero-order valence-electron chi connectivity index (χ0n) is 83.3. The van der Waals surface area contributed by atoms with Gasteiger partial charge in [-0.2, -0.15) is 0 Å². The normalized spacial score (nSPS) is 8.64. The Morgan fingerprint density at radius 2 is 0.554 bits per heavy atom. The van der Waals surface area contributed by atoms with Crippen LogP contribution in [0.15, 0.2) is 121 Å². The standard InChI is InChI=1S/C20H29N3O3.3C8H10.C7H17N.5C5H12.5CH5N.11CH2O.6H3N.2H2/c1-15(20(26)23-12-8-5-9-13-23)21-19(25)18(22(3)16(2)24)14-17-10-6-4-7-11-17;3*1-2-8-6-4-3-5-7-8;1-4-5-6-7-8(2)3;5*1-4-5(2)3;16*1-2;;;;;;;;/h4,6-7,10-11,15,18H,5,8-9,12-14H2,1-3H3,(H,21,25);3*3-7H,2H2,1H3;4-7H2,1-3H3;5*5H,4H2,1-3H3;5*2H2,1H3;11*1H2;6*1H3;2*1H/t15-,18-;;;;;;;;;;;;;;;;;;;;;;;;;;;;;;;;;/m0................................./s1. The number of benzene rings is 4. The third-order valence-corrected chi connectivity index (χ3v) is 14.0. The van der Waals surface area contributed by atoms with Gasteiger partial charge in [0.2, 0.25) is 17.7 Å². The molecule has 5 rings (SSSR count). The summed E-state index contributed by atoms with van der Waals surface area (Å²) in [5.74, 6) is 3.88. The molecule has 1 heterocycles. The fourth-order valence-electron chi connectivity index (χ4n) is 6.04. The number of unbranched alkanes of at least 4 members (excludes halogenated alkanes) is 2. The minimum absolute atomic E-state index is 0. The van der Waals surface area contributed by atoms with Crippen molar-refractivity contribution in [2.45, 2.75) is 254 Å². The van der Waals surface area contributed by atoms with Crippen LogP contribution in [0.1, 0.15) is 241 Å². The molecule has 0 aromatic heterocycles. The third-order valence-electron chi connectivity index (χ3n) is 14.0. The molecule has 29 heteroatoms. The molecule has 1 aliphatic heterocycles. The van der Waals surface area contributed by atoms with Crippen LogP contribution in [0, 0.1) is 29.6 Å². The molecule has 29 N–H and O–H groups in total. The van der Waals surface area contributed by atoms with E-state index in [1.807, 2.05) is 128 Å². The van der Waals surface area contributed by atoms with Gasteiger partial charge in [0.05, 0.1) is 0 Å². The van der Waals surface area contributed by atoms with Crippen molar-refractivity contribution in [3.63, 3.8) is 0 Å². The summed E-state index contributed by atoms with van der Waals surface area (Å²) in [6.45, 7) is 69.8. The summed E-state index contributed by atoms with van der Waals surface area (Å²) in [6, 6.07) is 39.7. The molecule has 0 radical (unpaired) electrons. The largest absolute Gasteiger partial charge is 0.344 e. The molecule has 4 aromatic rings. The summed E-state index contributed by atoms with van der Waals surface area (Å²) < 4.78 is 0. The second kappa shape index (κ2) is 205. The van der Waals surface area contributed by atoms with Gasteiger partial charge in [-0.3, -0.25) is 14.4 Å². The average molecular weight is 1750 g/mol. The van der Waals surface area contributed by atoms with Gasteiger partial charge < -0.3 is 138 Å². The highest BCUT2D eigenvalue weighted by atomic mass is 16.2. The molecular formula is C92H205N15O14. The zero-order chi connectivity index (χ0) is 96.4. The van der Waals surface area contributed by atoms with Crippen molar-refractivity contribution in [3.8, 4) is 0 Å². The first-order valence-electron chi connectivity index (χ1n) is 39.0. The Morgan fingerprint density at radius 3 is 0.711 bits per heavy atom. The molecule has 29 nitrogen and oxygen atoms in total.